The van der Waals surface area contributed by atoms with Crippen LogP contribution in [0.2, 0.25) is 0 Å². The summed E-state index contributed by atoms with van der Waals surface area (Å²) in [5.74, 6) is -1.72. The lowest BCUT2D eigenvalue weighted by Crippen LogP contribution is -2.37. The molecule has 0 aromatic heterocycles. The summed E-state index contributed by atoms with van der Waals surface area (Å²) in [6.07, 6.45) is 3.87. The van der Waals surface area contributed by atoms with Gasteiger partial charge in [-0.2, -0.15) is 0 Å². The molecule has 0 saturated heterocycles. The number of ether oxygens (including phenoxy) is 2. The molecule has 0 N–H and O–H groups in total. The molecule has 5 heteroatoms. The zero-order valence-electron chi connectivity index (χ0n) is 10.3. The predicted octanol–water partition coefficient (Wildman–Crippen LogP) is 2.15. The zero-order valence-corrected chi connectivity index (χ0v) is 10.3. The summed E-state index contributed by atoms with van der Waals surface area (Å²) in [6.45, 7) is 1.05. The molecule has 1 unspecified atom stereocenters. The molecule has 0 aromatic carbocycles. The van der Waals surface area contributed by atoms with Gasteiger partial charge in [-0.1, -0.05) is 6.42 Å². The number of carbonyl (C=O) groups excluding carboxylic acids is 2. The van der Waals surface area contributed by atoms with Crippen molar-refractivity contribution in [2.45, 2.75) is 57.2 Å². The first-order valence-corrected chi connectivity index (χ1v) is 5.92. The van der Waals surface area contributed by atoms with Gasteiger partial charge in [-0.25, -0.2) is 9.18 Å². The maximum atomic E-state index is 13.9. The fourth-order valence-electron chi connectivity index (χ4n) is 1.87. The fourth-order valence-corrected chi connectivity index (χ4v) is 1.87. The third kappa shape index (κ3) is 4.32. The molecule has 0 bridgehead atoms. The molecule has 0 aliphatic heterocycles. The van der Waals surface area contributed by atoms with Crippen molar-refractivity contribution in [3.63, 3.8) is 0 Å². The van der Waals surface area contributed by atoms with Gasteiger partial charge in [-0.15, -0.1) is 0 Å². The molecular formula is C12H19FO4. The van der Waals surface area contributed by atoms with E-state index in [-0.39, 0.29) is 6.10 Å². The highest BCUT2D eigenvalue weighted by atomic mass is 19.1. The molecule has 0 amide bonds. The van der Waals surface area contributed by atoms with Crippen LogP contribution in [0.25, 0.3) is 0 Å². The second kappa shape index (κ2) is 5.98. The predicted molar refractivity (Wildman–Crippen MR) is 59.1 cm³/mol. The Labute approximate surface area is 100 Å². The molecule has 1 aliphatic rings. The minimum absolute atomic E-state index is 0.205. The number of carbonyl (C=O) groups is 2. The van der Waals surface area contributed by atoms with E-state index in [4.69, 9.17) is 4.74 Å². The van der Waals surface area contributed by atoms with Gasteiger partial charge in [-0.3, -0.25) is 4.79 Å². The van der Waals surface area contributed by atoms with Gasteiger partial charge in [0, 0.05) is 0 Å². The minimum Gasteiger partial charge on any atom is -0.469 e. The Balaban J connectivity index is 2.46. The Bertz CT molecular complexity index is 282. The maximum absolute atomic E-state index is 13.9. The van der Waals surface area contributed by atoms with Crippen LogP contribution in [0.15, 0.2) is 0 Å². The number of rotatable bonds is 4. The number of hydrogen-bond acceptors (Lipinski definition) is 4. The van der Waals surface area contributed by atoms with Gasteiger partial charge in [0.2, 0.25) is 5.67 Å². The first-order chi connectivity index (χ1) is 7.95. The van der Waals surface area contributed by atoms with Crippen molar-refractivity contribution in [2.75, 3.05) is 7.11 Å². The standard InChI is InChI=1S/C12H19FO4/c1-12(13,8-10(14)16-2)11(15)17-9-6-4-3-5-7-9/h9H,3-8H2,1-2H3. The van der Waals surface area contributed by atoms with E-state index in [1.165, 1.54) is 0 Å². The first-order valence-electron chi connectivity index (χ1n) is 5.92. The van der Waals surface area contributed by atoms with E-state index in [0.717, 1.165) is 46.1 Å². The van der Waals surface area contributed by atoms with Gasteiger partial charge in [0.15, 0.2) is 0 Å². The van der Waals surface area contributed by atoms with Crippen molar-refractivity contribution in [3.8, 4) is 0 Å². The van der Waals surface area contributed by atoms with Crippen LogP contribution in [0.5, 0.6) is 0 Å². The number of halogens is 1. The maximum Gasteiger partial charge on any atom is 0.344 e. The number of esters is 2. The topological polar surface area (TPSA) is 52.6 Å². The van der Waals surface area contributed by atoms with Crippen LogP contribution in [-0.4, -0.2) is 30.8 Å². The third-order valence-corrected chi connectivity index (χ3v) is 2.96. The number of alkyl halides is 1. The molecule has 1 atom stereocenters. The largest absolute Gasteiger partial charge is 0.469 e. The van der Waals surface area contributed by atoms with Gasteiger partial charge >= 0.3 is 11.9 Å². The molecule has 0 aromatic rings. The number of hydrogen-bond donors (Lipinski definition) is 0. The number of methoxy groups -OCH3 is 1. The van der Waals surface area contributed by atoms with Crippen molar-refractivity contribution in [2.24, 2.45) is 0 Å². The van der Waals surface area contributed by atoms with Gasteiger partial charge in [0.05, 0.1) is 13.5 Å². The zero-order chi connectivity index (χ0) is 12.9. The summed E-state index contributed by atoms with van der Waals surface area (Å²) in [7, 11) is 1.16. The lowest BCUT2D eigenvalue weighted by molar-refractivity contribution is -0.168. The highest BCUT2D eigenvalue weighted by Gasteiger charge is 2.39. The van der Waals surface area contributed by atoms with Gasteiger partial charge in [0.1, 0.15) is 6.10 Å². The van der Waals surface area contributed by atoms with Crippen molar-refractivity contribution < 1.29 is 23.5 Å². The third-order valence-electron chi connectivity index (χ3n) is 2.96. The summed E-state index contributed by atoms with van der Waals surface area (Å²) in [6, 6.07) is 0. The molecule has 0 radical (unpaired) electrons. The highest BCUT2D eigenvalue weighted by Crippen LogP contribution is 2.24. The van der Waals surface area contributed by atoms with E-state index >= 15 is 0 Å². The molecular weight excluding hydrogens is 227 g/mol. The molecule has 1 fully saturated rings. The van der Waals surface area contributed by atoms with Crippen molar-refractivity contribution in [1.29, 1.82) is 0 Å². The van der Waals surface area contributed by atoms with E-state index < -0.39 is 24.0 Å². The Morgan fingerprint density at radius 2 is 1.88 bits per heavy atom. The van der Waals surface area contributed by atoms with Crippen LogP contribution in [0.3, 0.4) is 0 Å². The molecule has 1 rings (SSSR count). The molecule has 0 heterocycles. The van der Waals surface area contributed by atoms with Crippen LogP contribution >= 0.6 is 0 Å². The minimum atomic E-state index is -2.30. The van der Waals surface area contributed by atoms with Crippen LogP contribution in [0, 0.1) is 0 Å². The Morgan fingerprint density at radius 3 is 2.41 bits per heavy atom. The summed E-state index contributed by atoms with van der Waals surface area (Å²) in [4.78, 5) is 22.5. The quantitative estimate of drug-likeness (QED) is 0.713. The molecule has 1 saturated carbocycles. The summed E-state index contributed by atoms with van der Waals surface area (Å²) < 4.78 is 23.3. The van der Waals surface area contributed by atoms with E-state index in [0.29, 0.717) is 0 Å². The van der Waals surface area contributed by atoms with E-state index in [9.17, 15) is 14.0 Å². The van der Waals surface area contributed by atoms with Crippen LogP contribution in [0.4, 0.5) is 4.39 Å². The second-order valence-corrected chi connectivity index (χ2v) is 4.62. The monoisotopic (exact) mass is 246 g/mol. The Kier molecular flexibility index (Phi) is 4.90. The first kappa shape index (κ1) is 13.9. The summed E-state index contributed by atoms with van der Waals surface area (Å²) in [5.41, 5.74) is -2.30. The normalized spacial score (nSPS) is 20.4. The second-order valence-electron chi connectivity index (χ2n) is 4.62. The molecule has 4 nitrogen and oxygen atoms in total. The van der Waals surface area contributed by atoms with E-state index in [2.05, 4.69) is 4.74 Å². The Morgan fingerprint density at radius 1 is 1.29 bits per heavy atom. The SMILES string of the molecule is COC(=O)CC(C)(F)C(=O)OC1CCCCC1. The fraction of sp³-hybridized carbons (Fsp3) is 0.833. The molecule has 98 valence electrons. The van der Waals surface area contributed by atoms with E-state index in [1.54, 1.807) is 0 Å². The lowest BCUT2D eigenvalue weighted by Gasteiger charge is -2.25. The van der Waals surface area contributed by atoms with Crippen LogP contribution in [0.1, 0.15) is 45.4 Å². The molecule has 0 spiro atoms. The van der Waals surface area contributed by atoms with Gasteiger partial charge in [-0.05, 0) is 32.6 Å². The molecule has 1 aliphatic carbocycles. The van der Waals surface area contributed by atoms with Crippen molar-refractivity contribution in [1.82, 2.24) is 0 Å². The van der Waals surface area contributed by atoms with Crippen LogP contribution in [-0.2, 0) is 19.1 Å². The average Bonchev–Trinajstić information content (AvgIpc) is 2.29. The van der Waals surface area contributed by atoms with Crippen molar-refractivity contribution >= 4 is 11.9 Å². The van der Waals surface area contributed by atoms with Gasteiger partial charge < -0.3 is 9.47 Å². The molecule has 17 heavy (non-hydrogen) atoms. The average molecular weight is 246 g/mol. The van der Waals surface area contributed by atoms with Crippen molar-refractivity contribution in [3.05, 3.63) is 0 Å². The van der Waals surface area contributed by atoms with E-state index in [1.807, 2.05) is 0 Å². The lowest BCUT2D eigenvalue weighted by atomic mass is 9.97. The highest BCUT2D eigenvalue weighted by molar-refractivity contribution is 5.85. The smallest absolute Gasteiger partial charge is 0.344 e. The summed E-state index contributed by atoms with van der Waals surface area (Å²) in [5, 5.41) is 0. The van der Waals surface area contributed by atoms with Gasteiger partial charge in [0.25, 0.3) is 0 Å². The Hall–Kier alpha value is -1.13. The summed E-state index contributed by atoms with van der Waals surface area (Å²) >= 11 is 0. The van der Waals surface area contributed by atoms with Crippen LogP contribution < -0.4 is 0 Å².